The smallest absolute Gasteiger partial charge is 0.326 e. The second-order valence-corrected chi connectivity index (χ2v) is 5.24. The normalized spacial score (nSPS) is 11.9. The number of hydrogen-bond acceptors (Lipinski definition) is 6. The third-order valence-electron chi connectivity index (χ3n) is 2.97. The number of hydrogen-bond donors (Lipinski definition) is 3. The number of nitrogens with zero attached hydrogens (tertiary/aromatic N) is 1. The van der Waals surface area contributed by atoms with E-state index in [-0.39, 0.29) is 0 Å². The van der Waals surface area contributed by atoms with Gasteiger partial charge in [0, 0.05) is 11.9 Å². The van der Waals surface area contributed by atoms with Gasteiger partial charge in [-0.25, -0.2) is 4.98 Å². The number of methoxy groups -OCH3 is 1. The van der Waals surface area contributed by atoms with Gasteiger partial charge in [0.1, 0.15) is 11.8 Å². The Labute approximate surface area is 126 Å². The number of carboxylic acids is 1. The van der Waals surface area contributed by atoms with E-state index >= 15 is 0 Å². The van der Waals surface area contributed by atoms with Gasteiger partial charge in [-0.1, -0.05) is 18.2 Å². The largest absolute Gasteiger partial charge is 0.496 e. The third kappa shape index (κ3) is 3.93. The quantitative estimate of drug-likeness (QED) is 0.722. The average molecular weight is 307 g/mol. The fraction of sp³-hybridized carbons (Fsp3) is 0.286. The molecule has 21 heavy (non-hydrogen) atoms. The van der Waals surface area contributed by atoms with Crippen LogP contribution in [0.2, 0.25) is 0 Å². The molecule has 2 rings (SSSR count). The van der Waals surface area contributed by atoms with Crippen molar-refractivity contribution in [1.82, 2.24) is 4.98 Å². The summed E-state index contributed by atoms with van der Waals surface area (Å²) < 4.78 is 5.29. The maximum atomic E-state index is 10.8. The van der Waals surface area contributed by atoms with E-state index in [1.165, 1.54) is 11.3 Å². The average Bonchev–Trinajstić information content (AvgIpc) is 2.95. The van der Waals surface area contributed by atoms with Crippen molar-refractivity contribution in [3.05, 3.63) is 40.9 Å². The van der Waals surface area contributed by atoms with Gasteiger partial charge >= 0.3 is 5.97 Å². The zero-order valence-corrected chi connectivity index (χ0v) is 12.4. The number of para-hydroxylation sites is 1. The zero-order valence-electron chi connectivity index (χ0n) is 11.6. The zero-order chi connectivity index (χ0) is 15.2. The summed E-state index contributed by atoms with van der Waals surface area (Å²) in [6, 6.07) is 6.74. The highest BCUT2D eigenvalue weighted by Gasteiger charge is 2.17. The third-order valence-corrected chi connectivity index (χ3v) is 3.79. The number of anilines is 1. The Morgan fingerprint density at radius 2 is 2.29 bits per heavy atom. The fourth-order valence-electron chi connectivity index (χ4n) is 1.85. The van der Waals surface area contributed by atoms with Crippen LogP contribution in [0.3, 0.4) is 0 Å². The molecular formula is C14H17N3O3S. The number of rotatable bonds is 7. The molecule has 0 radical (unpaired) electrons. The van der Waals surface area contributed by atoms with Crippen LogP contribution in [-0.4, -0.2) is 29.7 Å². The van der Waals surface area contributed by atoms with Crippen molar-refractivity contribution in [3.63, 3.8) is 0 Å². The van der Waals surface area contributed by atoms with Crippen LogP contribution in [0.25, 0.3) is 0 Å². The van der Waals surface area contributed by atoms with Gasteiger partial charge in [-0.3, -0.25) is 4.79 Å². The fourth-order valence-corrected chi connectivity index (χ4v) is 2.63. The number of thiazole rings is 1. The Morgan fingerprint density at radius 1 is 1.52 bits per heavy atom. The van der Waals surface area contributed by atoms with Crippen molar-refractivity contribution in [2.24, 2.45) is 5.73 Å². The van der Waals surface area contributed by atoms with Crippen LogP contribution >= 0.6 is 11.3 Å². The van der Waals surface area contributed by atoms with E-state index in [0.29, 0.717) is 17.4 Å². The number of aliphatic carboxylic acids is 1. The highest BCUT2D eigenvalue weighted by Crippen LogP contribution is 2.21. The molecule has 1 aromatic carbocycles. The van der Waals surface area contributed by atoms with Crippen LogP contribution in [-0.2, 0) is 11.2 Å². The van der Waals surface area contributed by atoms with Crippen LogP contribution in [0.15, 0.2) is 29.6 Å². The maximum absolute atomic E-state index is 10.8. The van der Waals surface area contributed by atoms with E-state index < -0.39 is 12.0 Å². The minimum atomic E-state index is -1.08. The number of ether oxygens (including phenoxy) is 1. The molecule has 1 heterocycles. The number of nitrogens with one attached hydrogen (secondary N) is 1. The van der Waals surface area contributed by atoms with E-state index in [0.717, 1.165) is 17.7 Å². The molecule has 0 aliphatic carbocycles. The van der Waals surface area contributed by atoms with Gasteiger partial charge in [-0.15, -0.1) is 11.3 Å². The van der Waals surface area contributed by atoms with Crippen LogP contribution in [0, 0.1) is 0 Å². The molecule has 0 spiro atoms. The molecule has 1 unspecified atom stereocenters. The van der Waals surface area contributed by atoms with Gasteiger partial charge in [-0.05, 0) is 18.1 Å². The topological polar surface area (TPSA) is 97.5 Å². The lowest BCUT2D eigenvalue weighted by Gasteiger charge is -2.08. The Hall–Kier alpha value is -2.12. The molecule has 1 atom stereocenters. The number of carboxylic acid groups (broad SMARTS) is 1. The standard InChI is InChI=1S/C14H17N3O3S/c1-20-11-5-3-2-4-9(11)6-7-16-14-17-10(8-21-14)12(15)13(18)19/h2-5,8,12H,6-7,15H2,1H3,(H,16,17)(H,18,19). The second kappa shape index (κ2) is 7.05. The van der Waals surface area contributed by atoms with E-state index in [1.807, 2.05) is 24.3 Å². The first-order valence-corrected chi connectivity index (χ1v) is 7.29. The molecular weight excluding hydrogens is 290 g/mol. The van der Waals surface area contributed by atoms with Crippen LogP contribution in [0.5, 0.6) is 5.75 Å². The molecule has 0 fully saturated rings. The first-order valence-electron chi connectivity index (χ1n) is 6.41. The van der Waals surface area contributed by atoms with Crippen molar-refractivity contribution in [2.75, 3.05) is 19.0 Å². The van der Waals surface area contributed by atoms with Gasteiger partial charge in [0.25, 0.3) is 0 Å². The van der Waals surface area contributed by atoms with E-state index in [2.05, 4.69) is 10.3 Å². The maximum Gasteiger partial charge on any atom is 0.326 e. The Kier molecular flexibility index (Phi) is 5.13. The molecule has 4 N–H and O–H groups in total. The second-order valence-electron chi connectivity index (χ2n) is 4.38. The summed E-state index contributed by atoms with van der Waals surface area (Å²) in [6.45, 7) is 0.676. The molecule has 0 bridgehead atoms. The highest BCUT2D eigenvalue weighted by molar-refractivity contribution is 7.13. The summed E-state index contributed by atoms with van der Waals surface area (Å²) in [6.07, 6.45) is 0.782. The minimum absolute atomic E-state index is 0.368. The molecule has 1 aromatic heterocycles. The van der Waals surface area contributed by atoms with Gasteiger partial charge < -0.3 is 20.9 Å². The molecule has 0 saturated carbocycles. The molecule has 112 valence electrons. The lowest BCUT2D eigenvalue weighted by molar-refractivity contribution is -0.138. The number of carbonyl (C=O) groups is 1. The van der Waals surface area contributed by atoms with Crippen molar-refractivity contribution in [3.8, 4) is 5.75 Å². The molecule has 2 aromatic rings. The first kappa shape index (κ1) is 15.3. The van der Waals surface area contributed by atoms with Crippen LogP contribution in [0.4, 0.5) is 5.13 Å². The Bertz CT molecular complexity index is 615. The van der Waals surface area contributed by atoms with E-state index in [1.54, 1.807) is 12.5 Å². The lowest BCUT2D eigenvalue weighted by Crippen LogP contribution is -2.21. The summed E-state index contributed by atoms with van der Waals surface area (Å²) in [5.41, 5.74) is 6.98. The summed E-state index contributed by atoms with van der Waals surface area (Å²) >= 11 is 1.34. The molecule has 0 aliphatic heterocycles. The molecule has 7 heteroatoms. The van der Waals surface area contributed by atoms with Crippen molar-refractivity contribution >= 4 is 22.4 Å². The molecule has 0 aliphatic rings. The Morgan fingerprint density at radius 3 is 3.00 bits per heavy atom. The number of nitrogens with two attached hydrogens (primary N) is 1. The van der Waals surface area contributed by atoms with Crippen molar-refractivity contribution in [2.45, 2.75) is 12.5 Å². The Balaban J connectivity index is 1.90. The lowest BCUT2D eigenvalue weighted by atomic mass is 10.1. The van der Waals surface area contributed by atoms with E-state index in [4.69, 9.17) is 15.6 Å². The van der Waals surface area contributed by atoms with Gasteiger partial charge in [0.05, 0.1) is 12.8 Å². The molecule has 0 saturated heterocycles. The predicted molar refractivity (Wildman–Crippen MR) is 81.9 cm³/mol. The van der Waals surface area contributed by atoms with Crippen LogP contribution < -0.4 is 15.8 Å². The SMILES string of the molecule is COc1ccccc1CCNc1nc(C(N)C(=O)O)cs1. The van der Waals surface area contributed by atoms with Gasteiger partial charge in [0.2, 0.25) is 0 Å². The predicted octanol–water partition coefficient (Wildman–Crippen LogP) is 1.89. The monoisotopic (exact) mass is 307 g/mol. The summed E-state index contributed by atoms with van der Waals surface area (Å²) in [5.74, 6) is -0.229. The summed E-state index contributed by atoms with van der Waals surface area (Å²) in [5, 5.41) is 14.3. The summed E-state index contributed by atoms with van der Waals surface area (Å²) in [4.78, 5) is 15.0. The summed E-state index contributed by atoms with van der Waals surface area (Å²) in [7, 11) is 1.65. The number of benzene rings is 1. The van der Waals surface area contributed by atoms with Gasteiger partial charge in [-0.2, -0.15) is 0 Å². The highest BCUT2D eigenvalue weighted by atomic mass is 32.1. The minimum Gasteiger partial charge on any atom is -0.496 e. The first-order chi connectivity index (χ1) is 10.1. The van der Waals surface area contributed by atoms with Crippen molar-refractivity contribution in [1.29, 1.82) is 0 Å². The van der Waals surface area contributed by atoms with E-state index in [9.17, 15) is 4.79 Å². The van der Waals surface area contributed by atoms with Crippen LogP contribution in [0.1, 0.15) is 17.3 Å². The van der Waals surface area contributed by atoms with Gasteiger partial charge in [0.15, 0.2) is 5.13 Å². The van der Waals surface area contributed by atoms with Crippen molar-refractivity contribution < 1.29 is 14.6 Å². The molecule has 0 amide bonds. The molecule has 6 nitrogen and oxygen atoms in total. The number of aromatic nitrogens is 1.